The van der Waals surface area contributed by atoms with Crippen molar-refractivity contribution >= 4 is 45.1 Å². The summed E-state index contributed by atoms with van der Waals surface area (Å²) in [6, 6.07) is 7.01. The summed E-state index contributed by atoms with van der Waals surface area (Å²) in [4.78, 5) is 50.5. The summed E-state index contributed by atoms with van der Waals surface area (Å²) in [5.41, 5.74) is 0.971. The molecule has 13 heteroatoms. The zero-order valence-electron chi connectivity index (χ0n) is 26.4. The highest BCUT2D eigenvalue weighted by Crippen LogP contribution is 2.40. The van der Waals surface area contributed by atoms with E-state index in [0.717, 1.165) is 10.1 Å². The van der Waals surface area contributed by atoms with E-state index in [-0.39, 0.29) is 88.4 Å². The number of hydrogen-bond acceptors (Lipinski definition) is 11. The van der Waals surface area contributed by atoms with Crippen LogP contribution in [-0.2, 0) is 36.9 Å². The molecular weight excluding hydrogens is 621 g/mol. The van der Waals surface area contributed by atoms with E-state index in [4.69, 9.17) is 28.4 Å². The third-order valence-electron chi connectivity index (χ3n) is 7.24. The van der Waals surface area contributed by atoms with Crippen LogP contribution in [0.15, 0.2) is 24.3 Å². The molecule has 11 nitrogen and oxygen atoms in total. The molecule has 0 N–H and O–H groups in total. The molecule has 0 fully saturated rings. The Morgan fingerprint density at radius 1 is 0.804 bits per heavy atom. The van der Waals surface area contributed by atoms with Crippen molar-refractivity contribution in [3.05, 3.63) is 46.1 Å². The third-order valence-corrected chi connectivity index (χ3v) is 8.38. The number of esters is 2. The Kier molecular flexibility index (Phi) is 12.2. The SMILES string of the molecule is CCOC(=O)CCC(=O)c1cc2cc(OCCCOc3c(OC)cc4c(c3F)CN(C(=O)CCC(=O)OCC)C4)c(OC)cc2s1. The van der Waals surface area contributed by atoms with Gasteiger partial charge in [-0.15, -0.1) is 11.3 Å². The summed E-state index contributed by atoms with van der Waals surface area (Å²) in [6.07, 6.45) is 0.442. The van der Waals surface area contributed by atoms with Gasteiger partial charge in [0.05, 0.1) is 58.4 Å². The van der Waals surface area contributed by atoms with Crippen LogP contribution in [0.1, 0.15) is 66.8 Å². The van der Waals surface area contributed by atoms with Crippen molar-refractivity contribution in [3.63, 3.8) is 0 Å². The molecule has 46 heavy (non-hydrogen) atoms. The molecule has 0 spiro atoms. The predicted molar refractivity (Wildman–Crippen MR) is 167 cm³/mol. The van der Waals surface area contributed by atoms with Gasteiger partial charge in [-0.25, -0.2) is 4.39 Å². The lowest BCUT2D eigenvalue weighted by Crippen LogP contribution is -2.26. The number of hydrogen-bond donors (Lipinski definition) is 0. The van der Waals surface area contributed by atoms with Crippen LogP contribution in [0.2, 0.25) is 0 Å². The smallest absolute Gasteiger partial charge is 0.306 e. The lowest BCUT2D eigenvalue weighted by Gasteiger charge is -2.15. The van der Waals surface area contributed by atoms with Gasteiger partial charge in [0.1, 0.15) is 0 Å². The quantitative estimate of drug-likeness (QED) is 0.102. The predicted octanol–water partition coefficient (Wildman–Crippen LogP) is 5.62. The maximum atomic E-state index is 15.6. The Bertz CT molecular complexity index is 1590. The average Bonchev–Trinajstić information content (AvgIpc) is 3.67. The molecule has 4 rings (SSSR count). The monoisotopic (exact) mass is 659 g/mol. The van der Waals surface area contributed by atoms with Gasteiger partial charge in [-0.2, -0.15) is 0 Å². The minimum absolute atomic E-state index is 0.0184. The Labute approximate surface area is 270 Å². The molecule has 3 aromatic rings. The molecule has 1 aliphatic heterocycles. The minimum atomic E-state index is -0.590. The summed E-state index contributed by atoms with van der Waals surface area (Å²) >= 11 is 1.31. The minimum Gasteiger partial charge on any atom is -0.493 e. The molecule has 0 saturated heterocycles. The van der Waals surface area contributed by atoms with Crippen molar-refractivity contribution in [1.29, 1.82) is 0 Å². The second kappa shape index (κ2) is 16.3. The molecular formula is C33H38FNO10S. The van der Waals surface area contributed by atoms with Gasteiger partial charge in [-0.1, -0.05) is 0 Å². The zero-order chi connectivity index (χ0) is 33.2. The number of ether oxygens (including phenoxy) is 6. The van der Waals surface area contributed by atoms with Crippen molar-refractivity contribution in [2.24, 2.45) is 0 Å². The van der Waals surface area contributed by atoms with Crippen LogP contribution in [0.4, 0.5) is 4.39 Å². The maximum absolute atomic E-state index is 15.6. The van der Waals surface area contributed by atoms with E-state index in [1.807, 2.05) is 0 Å². The standard InChI is InChI=1S/C33H38FNO10S/c1-5-42-30(38)10-8-23(36)28-16-20-14-25(24(40-3)17-27(20)46-28)44-12-7-13-45-33-26(41-4)15-21-18-35(19-22(21)32(33)34)29(37)9-11-31(39)43-6-2/h14-17H,5-13,18-19H2,1-4H3. The average molecular weight is 660 g/mol. The van der Waals surface area contributed by atoms with Crippen LogP contribution < -0.4 is 18.9 Å². The first-order valence-electron chi connectivity index (χ1n) is 15.1. The van der Waals surface area contributed by atoms with Crippen molar-refractivity contribution < 1.29 is 52.0 Å². The maximum Gasteiger partial charge on any atom is 0.306 e. The number of Topliss-reactive ketones (excluding diaryl/α,β-unsaturated/α-hetero) is 1. The molecule has 0 aliphatic carbocycles. The van der Waals surface area contributed by atoms with E-state index in [0.29, 0.717) is 33.9 Å². The van der Waals surface area contributed by atoms with Crippen molar-refractivity contribution in [3.8, 4) is 23.0 Å². The number of benzene rings is 2. The van der Waals surface area contributed by atoms with Crippen molar-refractivity contribution in [1.82, 2.24) is 4.90 Å². The molecule has 1 aromatic heterocycles. The second-order valence-corrected chi connectivity index (χ2v) is 11.4. The molecule has 2 heterocycles. The van der Waals surface area contributed by atoms with Gasteiger partial charge in [-0.3, -0.25) is 19.2 Å². The molecule has 0 atom stereocenters. The van der Waals surface area contributed by atoms with Gasteiger partial charge in [-0.05, 0) is 43.0 Å². The first-order chi connectivity index (χ1) is 22.2. The third kappa shape index (κ3) is 8.45. The van der Waals surface area contributed by atoms with E-state index in [2.05, 4.69) is 0 Å². The molecule has 2 aromatic carbocycles. The number of thiophene rings is 1. The number of carbonyl (C=O) groups excluding carboxylic acids is 4. The highest BCUT2D eigenvalue weighted by Gasteiger charge is 2.30. The number of ketones is 1. The number of fused-ring (bicyclic) bond motifs is 2. The molecule has 0 bridgehead atoms. The summed E-state index contributed by atoms with van der Waals surface area (Å²) < 4.78 is 48.8. The summed E-state index contributed by atoms with van der Waals surface area (Å²) in [5.74, 6) is -0.706. The summed E-state index contributed by atoms with van der Waals surface area (Å²) in [5, 5.41) is 0.801. The van der Waals surface area contributed by atoms with Crippen molar-refractivity contribution in [2.75, 3.05) is 40.6 Å². The Morgan fingerprint density at radius 3 is 2.15 bits per heavy atom. The molecule has 0 saturated carbocycles. The van der Waals surface area contributed by atoms with Gasteiger partial charge in [0.15, 0.2) is 34.6 Å². The summed E-state index contributed by atoms with van der Waals surface area (Å²) in [7, 11) is 2.94. The zero-order valence-corrected chi connectivity index (χ0v) is 27.2. The first kappa shape index (κ1) is 34.5. The van der Waals surface area contributed by atoms with Crippen LogP contribution in [0.3, 0.4) is 0 Å². The van der Waals surface area contributed by atoms with Crippen LogP contribution in [0.5, 0.6) is 23.0 Å². The van der Waals surface area contributed by atoms with Crippen LogP contribution in [-0.4, -0.2) is 69.2 Å². The fourth-order valence-corrected chi connectivity index (χ4v) is 6.01. The number of amides is 1. The van der Waals surface area contributed by atoms with Crippen LogP contribution in [0, 0.1) is 5.82 Å². The van der Waals surface area contributed by atoms with Gasteiger partial charge in [0, 0.05) is 48.7 Å². The Balaban J connectivity index is 1.33. The number of rotatable bonds is 17. The number of carbonyl (C=O) groups is 4. The van der Waals surface area contributed by atoms with Crippen molar-refractivity contribution in [2.45, 2.75) is 59.0 Å². The highest BCUT2D eigenvalue weighted by atomic mass is 32.1. The van der Waals surface area contributed by atoms with E-state index in [1.165, 1.54) is 30.5 Å². The van der Waals surface area contributed by atoms with E-state index < -0.39 is 17.8 Å². The van der Waals surface area contributed by atoms with Crippen LogP contribution >= 0.6 is 11.3 Å². The molecule has 248 valence electrons. The Morgan fingerprint density at radius 2 is 1.48 bits per heavy atom. The number of halogens is 1. The van der Waals surface area contributed by atoms with Crippen LogP contribution in [0.25, 0.3) is 10.1 Å². The largest absolute Gasteiger partial charge is 0.493 e. The lowest BCUT2D eigenvalue weighted by molar-refractivity contribution is -0.145. The topological polar surface area (TPSA) is 127 Å². The van der Waals surface area contributed by atoms with E-state index in [9.17, 15) is 19.2 Å². The fraction of sp³-hybridized carbons (Fsp3) is 0.455. The fourth-order valence-electron chi connectivity index (χ4n) is 4.97. The number of nitrogens with zero attached hydrogens (tertiary/aromatic N) is 1. The first-order valence-corrected chi connectivity index (χ1v) is 15.9. The molecule has 1 aliphatic rings. The van der Waals surface area contributed by atoms with E-state index >= 15 is 4.39 Å². The molecule has 0 radical (unpaired) electrons. The van der Waals surface area contributed by atoms with Gasteiger partial charge < -0.3 is 33.3 Å². The van der Waals surface area contributed by atoms with Gasteiger partial charge in [0.25, 0.3) is 0 Å². The summed E-state index contributed by atoms with van der Waals surface area (Å²) in [6.45, 7) is 4.55. The van der Waals surface area contributed by atoms with Gasteiger partial charge in [0.2, 0.25) is 5.91 Å². The Hall–Kier alpha value is -4.39. The second-order valence-electron chi connectivity index (χ2n) is 10.3. The normalized spacial score (nSPS) is 12.1. The number of methoxy groups -OCH3 is 2. The lowest BCUT2D eigenvalue weighted by atomic mass is 10.1. The van der Waals surface area contributed by atoms with Gasteiger partial charge >= 0.3 is 11.9 Å². The highest BCUT2D eigenvalue weighted by molar-refractivity contribution is 7.20. The molecule has 0 unspecified atom stereocenters. The van der Waals surface area contributed by atoms with E-state index in [1.54, 1.807) is 38.1 Å². The molecule has 1 amide bonds.